The predicted molar refractivity (Wildman–Crippen MR) is 126 cm³/mol. The van der Waals surface area contributed by atoms with Crippen molar-refractivity contribution in [2.75, 3.05) is 23.3 Å². The molecule has 3 aromatic carbocycles. The molecule has 0 saturated carbocycles. The largest absolute Gasteiger partial charge is 0.315 e. The molecule has 0 saturated heterocycles. The second kappa shape index (κ2) is 8.94. The Hall–Kier alpha value is -3.12. The standard InChI is InChI=1S/C25H28N2O3S/c1-18-6-14-24(15-7-18)31(29,30)27(5)22-12-9-21(10-13-22)17-25(28)26(4)23-11-8-19(2)20(3)16-23/h6-16H,17H2,1-5H3. The molecule has 6 heteroatoms. The number of aryl methyl sites for hydroxylation is 3. The number of hydrogen-bond acceptors (Lipinski definition) is 3. The maximum Gasteiger partial charge on any atom is 0.264 e. The highest BCUT2D eigenvalue weighted by molar-refractivity contribution is 7.92. The van der Waals surface area contributed by atoms with E-state index in [1.807, 2.05) is 39.0 Å². The summed E-state index contributed by atoms with van der Waals surface area (Å²) in [6, 6.07) is 19.8. The molecule has 0 aliphatic rings. The topological polar surface area (TPSA) is 57.7 Å². The van der Waals surface area contributed by atoms with Crippen molar-refractivity contribution in [3.05, 3.63) is 89.0 Å². The molecule has 1 amide bonds. The molecule has 0 N–H and O–H groups in total. The van der Waals surface area contributed by atoms with Crippen molar-refractivity contribution in [2.24, 2.45) is 0 Å². The number of likely N-dealkylation sites (N-methyl/N-ethyl adjacent to an activating group) is 1. The van der Waals surface area contributed by atoms with E-state index in [0.29, 0.717) is 5.69 Å². The number of hydrogen-bond donors (Lipinski definition) is 0. The van der Waals surface area contributed by atoms with Crippen LogP contribution in [0.1, 0.15) is 22.3 Å². The Labute approximate surface area is 185 Å². The molecule has 0 unspecified atom stereocenters. The lowest BCUT2D eigenvalue weighted by Crippen LogP contribution is -2.28. The van der Waals surface area contributed by atoms with Gasteiger partial charge in [-0.2, -0.15) is 0 Å². The van der Waals surface area contributed by atoms with E-state index in [1.54, 1.807) is 60.5 Å². The molecule has 0 heterocycles. The van der Waals surface area contributed by atoms with Gasteiger partial charge in [0.05, 0.1) is 17.0 Å². The van der Waals surface area contributed by atoms with Crippen LogP contribution in [0.15, 0.2) is 71.6 Å². The van der Waals surface area contributed by atoms with Crippen LogP contribution in [0.4, 0.5) is 11.4 Å². The van der Waals surface area contributed by atoms with Crippen molar-refractivity contribution in [3.8, 4) is 0 Å². The lowest BCUT2D eigenvalue weighted by atomic mass is 10.1. The van der Waals surface area contributed by atoms with Crippen LogP contribution in [0, 0.1) is 20.8 Å². The molecule has 0 aromatic heterocycles. The molecule has 0 aliphatic heterocycles. The van der Waals surface area contributed by atoms with Crippen LogP contribution in [-0.2, 0) is 21.2 Å². The molecule has 0 atom stereocenters. The Kier molecular flexibility index (Phi) is 6.51. The van der Waals surface area contributed by atoms with Crippen molar-refractivity contribution < 1.29 is 13.2 Å². The summed E-state index contributed by atoms with van der Waals surface area (Å²) in [6.45, 7) is 5.98. The lowest BCUT2D eigenvalue weighted by Gasteiger charge is -2.21. The minimum atomic E-state index is -3.64. The fourth-order valence-corrected chi connectivity index (χ4v) is 4.40. The van der Waals surface area contributed by atoms with Crippen molar-refractivity contribution in [1.82, 2.24) is 0 Å². The summed E-state index contributed by atoms with van der Waals surface area (Å²) in [4.78, 5) is 14.6. The first-order valence-corrected chi connectivity index (χ1v) is 11.5. The van der Waals surface area contributed by atoms with E-state index in [-0.39, 0.29) is 17.2 Å². The Morgan fingerprint density at radius 2 is 1.35 bits per heavy atom. The van der Waals surface area contributed by atoms with Gasteiger partial charge >= 0.3 is 0 Å². The average molecular weight is 437 g/mol. The average Bonchev–Trinajstić information content (AvgIpc) is 2.75. The molecule has 0 fully saturated rings. The normalized spacial score (nSPS) is 11.3. The number of rotatable bonds is 6. The minimum absolute atomic E-state index is 0.0309. The molecule has 31 heavy (non-hydrogen) atoms. The summed E-state index contributed by atoms with van der Waals surface area (Å²) in [5.74, 6) is -0.0309. The third kappa shape index (κ3) is 4.97. The predicted octanol–water partition coefficient (Wildman–Crippen LogP) is 4.64. The number of carbonyl (C=O) groups excluding carboxylic acids is 1. The van der Waals surface area contributed by atoms with Crippen LogP contribution in [0.3, 0.4) is 0 Å². The van der Waals surface area contributed by atoms with Gasteiger partial charge in [0.15, 0.2) is 0 Å². The van der Waals surface area contributed by atoms with Gasteiger partial charge in [0.1, 0.15) is 0 Å². The van der Waals surface area contributed by atoms with Gasteiger partial charge in [-0.15, -0.1) is 0 Å². The molecule has 0 bridgehead atoms. The Morgan fingerprint density at radius 3 is 1.94 bits per heavy atom. The number of sulfonamides is 1. The summed E-state index contributed by atoms with van der Waals surface area (Å²) in [6.07, 6.45) is 0.234. The third-order valence-corrected chi connectivity index (χ3v) is 7.39. The second-order valence-electron chi connectivity index (χ2n) is 7.85. The quantitative estimate of drug-likeness (QED) is 0.566. The fraction of sp³-hybridized carbons (Fsp3) is 0.240. The third-order valence-electron chi connectivity index (χ3n) is 5.59. The zero-order valence-electron chi connectivity index (χ0n) is 18.6. The van der Waals surface area contributed by atoms with Crippen molar-refractivity contribution >= 4 is 27.3 Å². The molecular formula is C25H28N2O3S. The molecule has 162 valence electrons. The lowest BCUT2D eigenvalue weighted by molar-refractivity contribution is -0.117. The molecule has 5 nitrogen and oxygen atoms in total. The van der Waals surface area contributed by atoms with E-state index in [9.17, 15) is 13.2 Å². The first-order valence-electron chi connectivity index (χ1n) is 10.1. The molecule has 0 spiro atoms. The molecule has 0 aliphatic carbocycles. The number of nitrogens with zero attached hydrogens (tertiary/aromatic N) is 2. The van der Waals surface area contributed by atoms with Crippen LogP contribution in [0.2, 0.25) is 0 Å². The van der Waals surface area contributed by atoms with Crippen LogP contribution < -0.4 is 9.21 Å². The molecular weight excluding hydrogens is 408 g/mol. The summed E-state index contributed by atoms with van der Waals surface area (Å²) >= 11 is 0. The summed E-state index contributed by atoms with van der Waals surface area (Å²) in [5.41, 5.74) is 5.55. The zero-order chi connectivity index (χ0) is 22.8. The molecule has 3 aromatic rings. The SMILES string of the molecule is Cc1ccc(S(=O)(=O)N(C)c2ccc(CC(=O)N(C)c3ccc(C)c(C)c3)cc2)cc1. The monoisotopic (exact) mass is 436 g/mol. The smallest absolute Gasteiger partial charge is 0.264 e. The van der Waals surface area contributed by atoms with Crippen LogP contribution >= 0.6 is 0 Å². The minimum Gasteiger partial charge on any atom is -0.315 e. The highest BCUT2D eigenvalue weighted by Crippen LogP contribution is 2.23. The Balaban J connectivity index is 1.72. The van der Waals surface area contributed by atoms with E-state index < -0.39 is 10.0 Å². The van der Waals surface area contributed by atoms with Crippen molar-refractivity contribution in [1.29, 1.82) is 0 Å². The zero-order valence-corrected chi connectivity index (χ0v) is 19.4. The number of carbonyl (C=O) groups is 1. The van der Waals surface area contributed by atoms with Gasteiger partial charge in [-0.3, -0.25) is 9.10 Å². The van der Waals surface area contributed by atoms with E-state index in [0.717, 1.165) is 22.4 Å². The fourth-order valence-electron chi connectivity index (χ4n) is 3.20. The van der Waals surface area contributed by atoms with Crippen LogP contribution in [0.5, 0.6) is 0 Å². The summed E-state index contributed by atoms with van der Waals surface area (Å²) < 4.78 is 27.0. The van der Waals surface area contributed by atoms with Gasteiger partial charge < -0.3 is 4.90 Å². The maximum absolute atomic E-state index is 12.9. The van der Waals surface area contributed by atoms with E-state index in [1.165, 1.54) is 16.9 Å². The Bertz CT molecular complexity index is 1180. The molecule has 0 radical (unpaired) electrons. The van der Waals surface area contributed by atoms with Gasteiger partial charge in [0.2, 0.25) is 5.91 Å². The van der Waals surface area contributed by atoms with Gasteiger partial charge in [-0.05, 0) is 73.9 Å². The number of anilines is 2. The van der Waals surface area contributed by atoms with Crippen LogP contribution in [0.25, 0.3) is 0 Å². The van der Waals surface area contributed by atoms with Gasteiger partial charge in [0, 0.05) is 19.8 Å². The van der Waals surface area contributed by atoms with Crippen molar-refractivity contribution in [2.45, 2.75) is 32.1 Å². The number of amides is 1. The first kappa shape index (κ1) is 22.6. The van der Waals surface area contributed by atoms with Gasteiger partial charge in [0.25, 0.3) is 10.0 Å². The Morgan fingerprint density at radius 1 is 0.774 bits per heavy atom. The van der Waals surface area contributed by atoms with Gasteiger partial charge in [-0.1, -0.05) is 35.9 Å². The highest BCUT2D eigenvalue weighted by atomic mass is 32.2. The first-order chi connectivity index (χ1) is 14.6. The highest BCUT2D eigenvalue weighted by Gasteiger charge is 2.21. The van der Waals surface area contributed by atoms with Crippen LogP contribution in [-0.4, -0.2) is 28.4 Å². The van der Waals surface area contributed by atoms with E-state index in [4.69, 9.17) is 0 Å². The summed E-state index contributed by atoms with van der Waals surface area (Å²) in [7, 11) is -0.346. The van der Waals surface area contributed by atoms with E-state index >= 15 is 0 Å². The van der Waals surface area contributed by atoms with Crippen molar-refractivity contribution in [3.63, 3.8) is 0 Å². The van der Waals surface area contributed by atoms with Gasteiger partial charge in [-0.25, -0.2) is 8.42 Å². The van der Waals surface area contributed by atoms with E-state index in [2.05, 4.69) is 0 Å². The summed E-state index contributed by atoms with van der Waals surface area (Å²) in [5, 5.41) is 0. The number of benzene rings is 3. The molecule has 3 rings (SSSR count). The second-order valence-corrected chi connectivity index (χ2v) is 9.82. The maximum atomic E-state index is 12.9.